The SMILES string of the molecule is O=C(N[C@@H]1COC[C@H]1Cc1ccnc2ccccc12)c1ccc2ncnn2c1. The maximum Gasteiger partial charge on any atom is 0.253 e. The van der Waals surface area contributed by atoms with Crippen molar-refractivity contribution in [2.45, 2.75) is 12.5 Å². The van der Waals surface area contributed by atoms with Crippen LogP contribution < -0.4 is 5.32 Å². The third-order valence-corrected chi connectivity index (χ3v) is 5.27. The van der Waals surface area contributed by atoms with Gasteiger partial charge in [0, 0.05) is 23.7 Å². The van der Waals surface area contributed by atoms with Crippen LogP contribution in [0.25, 0.3) is 16.6 Å². The summed E-state index contributed by atoms with van der Waals surface area (Å²) in [7, 11) is 0. The first-order valence-electron chi connectivity index (χ1n) is 9.28. The Kier molecular flexibility index (Phi) is 4.21. The Morgan fingerprint density at radius 3 is 3.04 bits per heavy atom. The van der Waals surface area contributed by atoms with Gasteiger partial charge in [0.1, 0.15) is 6.33 Å². The Hall–Kier alpha value is -3.32. The summed E-state index contributed by atoms with van der Waals surface area (Å²) in [6.45, 7) is 1.15. The molecule has 5 rings (SSSR count). The Bertz CT molecular complexity index is 1150. The van der Waals surface area contributed by atoms with Gasteiger partial charge >= 0.3 is 0 Å². The lowest BCUT2D eigenvalue weighted by Crippen LogP contribution is -2.40. The summed E-state index contributed by atoms with van der Waals surface area (Å²) in [5.41, 5.74) is 3.48. The van der Waals surface area contributed by atoms with Crippen LogP contribution in [0, 0.1) is 5.92 Å². The number of carbonyl (C=O) groups excluding carboxylic acids is 1. The monoisotopic (exact) mass is 373 g/mol. The van der Waals surface area contributed by atoms with Gasteiger partial charge in [-0.25, -0.2) is 9.50 Å². The molecule has 3 aromatic heterocycles. The molecule has 1 amide bonds. The molecule has 0 saturated carbocycles. The van der Waals surface area contributed by atoms with Crippen LogP contribution >= 0.6 is 0 Å². The Labute approximate surface area is 161 Å². The van der Waals surface area contributed by atoms with Crippen molar-refractivity contribution in [1.82, 2.24) is 24.9 Å². The zero-order valence-electron chi connectivity index (χ0n) is 15.2. The highest BCUT2D eigenvalue weighted by Crippen LogP contribution is 2.24. The van der Waals surface area contributed by atoms with E-state index in [-0.39, 0.29) is 17.9 Å². The molecule has 1 aromatic carbocycles. The Balaban J connectivity index is 1.34. The molecule has 7 nitrogen and oxygen atoms in total. The largest absolute Gasteiger partial charge is 0.379 e. The van der Waals surface area contributed by atoms with Crippen LogP contribution in [0.4, 0.5) is 0 Å². The molecule has 4 heterocycles. The molecular weight excluding hydrogens is 354 g/mol. The van der Waals surface area contributed by atoms with Crippen molar-refractivity contribution in [2.75, 3.05) is 13.2 Å². The second-order valence-electron chi connectivity index (χ2n) is 7.05. The molecule has 1 saturated heterocycles. The molecule has 140 valence electrons. The fourth-order valence-electron chi connectivity index (χ4n) is 3.78. The molecule has 1 fully saturated rings. The molecule has 28 heavy (non-hydrogen) atoms. The third kappa shape index (κ3) is 3.10. The fourth-order valence-corrected chi connectivity index (χ4v) is 3.78. The summed E-state index contributed by atoms with van der Waals surface area (Å²) in [5.74, 6) is 0.0855. The molecular formula is C21H19N5O2. The molecule has 1 N–H and O–H groups in total. The molecule has 0 radical (unpaired) electrons. The van der Waals surface area contributed by atoms with Crippen LogP contribution in [-0.2, 0) is 11.2 Å². The van der Waals surface area contributed by atoms with Gasteiger partial charge in [-0.3, -0.25) is 9.78 Å². The molecule has 4 aromatic rings. The maximum absolute atomic E-state index is 12.7. The molecule has 0 unspecified atom stereocenters. The zero-order chi connectivity index (χ0) is 18.9. The summed E-state index contributed by atoms with van der Waals surface area (Å²) in [6.07, 6.45) is 5.83. The van der Waals surface area contributed by atoms with Crippen LogP contribution in [0.5, 0.6) is 0 Å². The van der Waals surface area contributed by atoms with E-state index in [1.54, 1.807) is 22.8 Å². The molecule has 2 atom stereocenters. The Morgan fingerprint density at radius 1 is 1.14 bits per heavy atom. The van der Waals surface area contributed by atoms with Crippen molar-refractivity contribution in [2.24, 2.45) is 5.92 Å². The van der Waals surface area contributed by atoms with E-state index < -0.39 is 0 Å². The van der Waals surface area contributed by atoms with E-state index in [2.05, 4.69) is 32.5 Å². The van der Waals surface area contributed by atoms with Crippen LogP contribution in [0.3, 0.4) is 0 Å². The van der Waals surface area contributed by atoms with Crippen LogP contribution in [0.2, 0.25) is 0 Å². The second kappa shape index (κ2) is 7.01. The number of para-hydroxylation sites is 1. The minimum atomic E-state index is -0.127. The quantitative estimate of drug-likeness (QED) is 0.593. The normalized spacial score (nSPS) is 19.3. The van der Waals surface area contributed by atoms with Gasteiger partial charge in [-0.05, 0) is 36.2 Å². The van der Waals surface area contributed by atoms with Crippen molar-refractivity contribution >= 4 is 22.5 Å². The maximum atomic E-state index is 12.7. The standard InChI is InChI=1S/C21H19N5O2/c27-21(15-5-6-20-23-13-24-26(20)10-15)25-19-12-28-11-16(19)9-14-7-8-22-18-4-2-1-3-17(14)18/h1-8,10,13,16,19H,9,11-12H2,(H,25,27)/t16-,19-/m1/s1. The lowest BCUT2D eigenvalue weighted by atomic mass is 9.93. The average molecular weight is 373 g/mol. The third-order valence-electron chi connectivity index (χ3n) is 5.27. The van der Waals surface area contributed by atoms with E-state index in [0.29, 0.717) is 24.4 Å². The van der Waals surface area contributed by atoms with Gasteiger partial charge < -0.3 is 10.1 Å². The van der Waals surface area contributed by atoms with Gasteiger partial charge in [0.2, 0.25) is 0 Å². The second-order valence-corrected chi connectivity index (χ2v) is 7.05. The van der Waals surface area contributed by atoms with Crippen molar-refractivity contribution in [3.05, 3.63) is 72.3 Å². The number of nitrogens with one attached hydrogen (secondary N) is 1. The highest BCUT2D eigenvalue weighted by Gasteiger charge is 2.30. The zero-order valence-corrected chi connectivity index (χ0v) is 15.2. The highest BCUT2D eigenvalue weighted by molar-refractivity contribution is 5.94. The number of hydrogen-bond donors (Lipinski definition) is 1. The number of carbonyl (C=O) groups is 1. The van der Waals surface area contributed by atoms with E-state index in [9.17, 15) is 4.79 Å². The molecule has 0 spiro atoms. The fraction of sp³-hybridized carbons (Fsp3) is 0.238. The molecule has 1 aliphatic heterocycles. The smallest absolute Gasteiger partial charge is 0.253 e. The molecule has 0 bridgehead atoms. The van der Waals surface area contributed by atoms with Crippen molar-refractivity contribution < 1.29 is 9.53 Å². The van der Waals surface area contributed by atoms with Crippen LogP contribution in [0.1, 0.15) is 15.9 Å². The van der Waals surface area contributed by atoms with Crippen molar-refractivity contribution in [1.29, 1.82) is 0 Å². The van der Waals surface area contributed by atoms with Crippen LogP contribution in [0.15, 0.2) is 61.2 Å². The van der Waals surface area contributed by atoms with Gasteiger partial charge in [0.15, 0.2) is 5.65 Å². The topological polar surface area (TPSA) is 81.4 Å². The van der Waals surface area contributed by atoms with Crippen LogP contribution in [-0.4, -0.2) is 44.7 Å². The van der Waals surface area contributed by atoms with E-state index >= 15 is 0 Å². The number of rotatable bonds is 4. The lowest BCUT2D eigenvalue weighted by molar-refractivity contribution is 0.0924. The number of amides is 1. The van der Waals surface area contributed by atoms with Gasteiger partial charge in [-0.15, -0.1) is 0 Å². The minimum Gasteiger partial charge on any atom is -0.379 e. The number of ether oxygens (including phenoxy) is 1. The highest BCUT2D eigenvalue weighted by atomic mass is 16.5. The van der Waals surface area contributed by atoms with E-state index in [1.165, 1.54) is 11.9 Å². The molecule has 0 aliphatic carbocycles. The number of fused-ring (bicyclic) bond motifs is 2. The lowest BCUT2D eigenvalue weighted by Gasteiger charge is -2.20. The number of pyridine rings is 2. The number of hydrogen-bond acceptors (Lipinski definition) is 5. The van der Waals surface area contributed by atoms with E-state index in [1.807, 2.05) is 24.4 Å². The summed E-state index contributed by atoms with van der Waals surface area (Å²) < 4.78 is 7.29. The summed E-state index contributed by atoms with van der Waals surface area (Å²) in [4.78, 5) is 21.3. The van der Waals surface area contributed by atoms with Gasteiger partial charge in [-0.1, -0.05) is 18.2 Å². The summed E-state index contributed by atoms with van der Waals surface area (Å²) in [6, 6.07) is 13.7. The van der Waals surface area contributed by atoms with Crippen molar-refractivity contribution in [3.63, 3.8) is 0 Å². The number of aromatic nitrogens is 4. The summed E-state index contributed by atoms with van der Waals surface area (Å²) >= 11 is 0. The molecule has 7 heteroatoms. The Morgan fingerprint density at radius 2 is 2.07 bits per heavy atom. The van der Waals surface area contributed by atoms with E-state index in [4.69, 9.17) is 4.74 Å². The van der Waals surface area contributed by atoms with Gasteiger partial charge in [-0.2, -0.15) is 5.10 Å². The minimum absolute atomic E-state index is 0.0362. The molecule has 1 aliphatic rings. The van der Waals surface area contributed by atoms with Gasteiger partial charge in [0.05, 0.1) is 30.3 Å². The number of benzene rings is 1. The first-order chi connectivity index (χ1) is 13.8. The predicted octanol–water partition coefficient (Wildman–Crippen LogP) is 2.26. The first kappa shape index (κ1) is 16.8. The van der Waals surface area contributed by atoms with E-state index in [0.717, 1.165) is 17.3 Å². The van der Waals surface area contributed by atoms with Crippen molar-refractivity contribution in [3.8, 4) is 0 Å². The number of nitrogens with zero attached hydrogens (tertiary/aromatic N) is 4. The average Bonchev–Trinajstić information content (AvgIpc) is 3.37. The van der Waals surface area contributed by atoms with Gasteiger partial charge in [0.25, 0.3) is 5.91 Å². The first-order valence-corrected chi connectivity index (χ1v) is 9.28. The summed E-state index contributed by atoms with van der Waals surface area (Å²) in [5, 5.41) is 8.37. The predicted molar refractivity (Wildman–Crippen MR) is 104 cm³/mol.